The van der Waals surface area contributed by atoms with E-state index in [-0.39, 0.29) is 17.4 Å². The van der Waals surface area contributed by atoms with Crippen molar-refractivity contribution in [3.05, 3.63) is 35.8 Å². The second-order valence-electron chi connectivity index (χ2n) is 7.47. The number of rotatable bonds is 3. The van der Waals surface area contributed by atoms with Gasteiger partial charge in [0.1, 0.15) is 0 Å². The first-order valence-corrected chi connectivity index (χ1v) is 9.38. The number of likely N-dealkylation sites (N-methyl/N-ethyl adjacent to an activating group) is 1. The average molecular weight is 354 g/mol. The molecule has 7 nitrogen and oxygen atoms in total. The molecule has 2 aromatic heterocycles. The van der Waals surface area contributed by atoms with E-state index in [4.69, 9.17) is 0 Å². The molecule has 26 heavy (non-hydrogen) atoms. The predicted molar refractivity (Wildman–Crippen MR) is 98.9 cm³/mol. The number of piperidine rings is 1. The zero-order valence-corrected chi connectivity index (χ0v) is 15.7. The van der Waals surface area contributed by atoms with E-state index in [1.165, 1.54) is 5.56 Å². The zero-order valence-electron chi connectivity index (χ0n) is 15.7. The second kappa shape index (κ2) is 6.37. The summed E-state index contributed by atoms with van der Waals surface area (Å²) in [5.74, 6) is 1.41. The lowest BCUT2D eigenvalue weighted by atomic mass is 9.74. The molecule has 0 saturated carbocycles. The number of hydrogen-bond donors (Lipinski definition) is 0. The third kappa shape index (κ3) is 2.66. The molecule has 2 fully saturated rings. The second-order valence-corrected chi connectivity index (χ2v) is 7.47. The minimum absolute atomic E-state index is 0.108. The van der Waals surface area contributed by atoms with Gasteiger partial charge in [0.25, 0.3) is 0 Å². The van der Waals surface area contributed by atoms with Gasteiger partial charge in [0.2, 0.25) is 5.91 Å². The van der Waals surface area contributed by atoms with Crippen LogP contribution in [0.1, 0.15) is 43.4 Å². The first kappa shape index (κ1) is 17.0. The van der Waals surface area contributed by atoms with Crippen molar-refractivity contribution in [1.29, 1.82) is 0 Å². The molecule has 138 valence electrons. The SMILES string of the molecule is CCN1C(=O)C[C@@H](c2cnn(C)c2)C12CCN(c1ccc(C)nn1)CC2. The number of likely N-dealkylation sites (tertiary alicyclic amines) is 1. The van der Waals surface area contributed by atoms with Crippen LogP contribution in [0.5, 0.6) is 0 Å². The van der Waals surface area contributed by atoms with Crippen LogP contribution in [-0.2, 0) is 11.8 Å². The number of anilines is 1. The van der Waals surface area contributed by atoms with Crippen LogP contribution in [-0.4, -0.2) is 56.0 Å². The third-order valence-corrected chi connectivity index (χ3v) is 6.05. The van der Waals surface area contributed by atoms with Gasteiger partial charge >= 0.3 is 0 Å². The molecule has 0 bridgehead atoms. The smallest absolute Gasteiger partial charge is 0.223 e. The van der Waals surface area contributed by atoms with Crippen LogP contribution in [0.15, 0.2) is 24.5 Å². The molecule has 7 heteroatoms. The highest BCUT2D eigenvalue weighted by Crippen LogP contribution is 2.48. The monoisotopic (exact) mass is 354 g/mol. The van der Waals surface area contributed by atoms with Crippen LogP contribution in [0.3, 0.4) is 0 Å². The Labute approximate surface area is 154 Å². The van der Waals surface area contributed by atoms with Crippen molar-refractivity contribution in [2.75, 3.05) is 24.5 Å². The van der Waals surface area contributed by atoms with Crippen molar-refractivity contribution in [1.82, 2.24) is 24.9 Å². The number of hydrogen-bond acceptors (Lipinski definition) is 5. The molecule has 2 aromatic rings. The highest BCUT2D eigenvalue weighted by Gasteiger charge is 2.53. The Morgan fingerprint density at radius 3 is 2.58 bits per heavy atom. The van der Waals surface area contributed by atoms with E-state index >= 15 is 0 Å². The van der Waals surface area contributed by atoms with Gasteiger partial charge in [0, 0.05) is 45.2 Å². The van der Waals surface area contributed by atoms with Crippen LogP contribution in [0.4, 0.5) is 5.82 Å². The van der Waals surface area contributed by atoms with Crippen LogP contribution in [0, 0.1) is 6.92 Å². The van der Waals surface area contributed by atoms with Crippen molar-refractivity contribution >= 4 is 11.7 Å². The largest absolute Gasteiger partial charge is 0.355 e. The molecule has 0 radical (unpaired) electrons. The summed E-state index contributed by atoms with van der Waals surface area (Å²) in [6.07, 6.45) is 6.47. The molecular formula is C19H26N6O. The molecule has 1 amide bonds. The molecular weight excluding hydrogens is 328 g/mol. The summed E-state index contributed by atoms with van der Waals surface area (Å²) in [6, 6.07) is 4.04. The predicted octanol–water partition coefficient (Wildman–Crippen LogP) is 1.89. The first-order chi connectivity index (χ1) is 12.5. The fourth-order valence-corrected chi connectivity index (χ4v) is 4.75. The normalized spacial score (nSPS) is 22.4. The van der Waals surface area contributed by atoms with Crippen LogP contribution in [0.2, 0.25) is 0 Å². The van der Waals surface area contributed by atoms with E-state index in [1.807, 2.05) is 37.0 Å². The molecule has 1 spiro atoms. The van der Waals surface area contributed by atoms with Gasteiger partial charge in [-0.3, -0.25) is 9.48 Å². The molecule has 0 aromatic carbocycles. The zero-order chi connectivity index (χ0) is 18.3. The van der Waals surface area contributed by atoms with Crippen molar-refractivity contribution in [2.24, 2.45) is 7.05 Å². The quantitative estimate of drug-likeness (QED) is 0.842. The van der Waals surface area contributed by atoms with Crippen molar-refractivity contribution < 1.29 is 4.79 Å². The molecule has 0 N–H and O–H groups in total. The fourth-order valence-electron chi connectivity index (χ4n) is 4.75. The lowest BCUT2D eigenvalue weighted by molar-refractivity contribution is -0.131. The van der Waals surface area contributed by atoms with Gasteiger partial charge in [-0.05, 0) is 44.4 Å². The van der Waals surface area contributed by atoms with E-state index in [9.17, 15) is 4.79 Å². The molecule has 2 saturated heterocycles. The summed E-state index contributed by atoms with van der Waals surface area (Å²) < 4.78 is 1.83. The maximum Gasteiger partial charge on any atom is 0.223 e. The maximum absolute atomic E-state index is 12.7. The maximum atomic E-state index is 12.7. The summed E-state index contributed by atoms with van der Waals surface area (Å²) in [4.78, 5) is 17.1. The van der Waals surface area contributed by atoms with Crippen LogP contribution in [0.25, 0.3) is 0 Å². The van der Waals surface area contributed by atoms with E-state index in [2.05, 4.69) is 38.2 Å². The highest BCUT2D eigenvalue weighted by molar-refractivity contribution is 5.81. The van der Waals surface area contributed by atoms with Gasteiger partial charge in [0.05, 0.1) is 17.4 Å². The molecule has 2 aliphatic rings. The molecule has 4 heterocycles. The Morgan fingerprint density at radius 1 is 1.23 bits per heavy atom. The number of amides is 1. The Balaban J connectivity index is 1.60. The summed E-state index contributed by atoms with van der Waals surface area (Å²) in [5, 5.41) is 12.9. The summed E-state index contributed by atoms with van der Waals surface area (Å²) in [7, 11) is 1.93. The lowest BCUT2D eigenvalue weighted by Crippen LogP contribution is -2.55. The number of carbonyl (C=O) groups is 1. The molecule has 0 aliphatic carbocycles. The highest BCUT2D eigenvalue weighted by atomic mass is 16.2. The minimum atomic E-state index is -0.108. The average Bonchev–Trinajstić information content (AvgIpc) is 3.18. The van der Waals surface area contributed by atoms with Crippen molar-refractivity contribution in [3.63, 3.8) is 0 Å². The van der Waals surface area contributed by atoms with E-state index in [0.29, 0.717) is 6.42 Å². The van der Waals surface area contributed by atoms with Gasteiger partial charge in [-0.2, -0.15) is 10.2 Å². The number of nitrogens with zero attached hydrogens (tertiary/aromatic N) is 6. The summed E-state index contributed by atoms with van der Waals surface area (Å²) in [6.45, 7) is 6.57. The number of aromatic nitrogens is 4. The summed E-state index contributed by atoms with van der Waals surface area (Å²) >= 11 is 0. The number of aryl methyl sites for hydroxylation is 2. The van der Waals surface area contributed by atoms with E-state index in [0.717, 1.165) is 44.0 Å². The van der Waals surface area contributed by atoms with Crippen molar-refractivity contribution in [3.8, 4) is 0 Å². The Morgan fingerprint density at radius 2 is 2.00 bits per heavy atom. The van der Waals surface area contributed by atoms with Crippen LogP contribution >= 0.6 is 0 Å². The standard InChI is InChI=1S/C19H26N6O/c1-4-25-18(26)11-16(15-12-20-23(3)13-15)19(25)7-9-24(10-8-19)17-6-5-14(2)21-22-17/h5-6,12-13,16H,4,7-11H2,1-3H3/t16-/m0/s1. The minimum Gasteiger partial charge on any atom is -0.355 e. The van der Waals surface area contributed by atoms with Gasteiger partial charge in [0.15, 0.2) is 5.82 Å². The van der Waals surface area contributed by atoms with E-state index in [1.54, 1.807) is 0 Å². The Bertz CT molecular complexity index is 791. The van der Waals surface area contributed by atoms with Crippen molar-refractivity contribution in [2.45, 2.75) is 44.6 Å². The first-order valence-electron chi connectivity index (χ1n) is 9.38. The Hall–Kier alpha value is -2.44. The van der Waals surface area contributed by atoms with Gasteiger partial charge in [-0.1, -0.05) is 0 Å². The molecule has 4 rings (SSSR count). The Kier molecular flexibility index (Phi) is 4.17. The fraction of sp³-hybridized carbons (Fsp3) is 0.579. The summed E-state index contributed by atoms with van der Waals surface area (Å²) in [5.41, 5.74) is 2.00. The third-order valence-electron chi connectivity index (χ3n) is 6.05. The molecule has 0 unspecified atom stereocenters. The van der Waals surface area contributed by atoms with Gasteiger partial charge < -0.3 is 9.80 Å². The molecule has 2 aliphatic heterocycles. The topological polar surface area (TPSA) is 67.2 Å². The molecule has 1 atom stereocenters. The number of carbonyl (C=O) groups excluding carboxylic acids is 1. The van der Waals surface area contributed by atoms with Crippen LogP contribution < -0.4 is 4.90 Å². The van der Waals surface area contributed by atoms with E-state index < -0.39 is 0 Å². The van der Waals surface area contributed by atoms with Gasteiger partial charge in [-0.15, -0.1) is 5.10 Å². The lowest BCUT2D eigenvalue weighted by Gasteiger charge is -2.47. The van der Waals surface area contributed by atoms with Gasteiger partial charge in [-0.25, -0.2) is 0 Å².